The first-order valence-electron chi connectivity index (χ1n) is 6.86. The van der Waals surface area contributed by atoms with E-state index in [9.17, 15) is 0 Å². The molecule has 0 radical (unpaired) electrons. The molecule has 6 nitrogen and oxygen atoms in total. The third kappa shape index (κ3) is 4.59. The molecule has 0 unspecified atom stereocenters. The van der Waals surface area contributed by atoms with E-state index >= 15 is 0 Å². The maximum atomic E-state index is 5.64. The Morgan fingerprint density at radius 1 is 1.14 bits per heavy atom. The molecule has 0 bridgehead atoms. The highest BCUT2D eigenvalue weighted by Gasteiger charge is 2.19. The normalized spacial score (nSPS) is 11.2. The van der Waals surface area contributed by atoms with Gasteiger partial charge in [0.05, 0.1) is 7.11 Å². The number of aryl methyl sites for hydroxylation is 1. The Bertz CT molecular complexity index is 586. The number of ether oxygens (including phenoxy) is 1. The van der Waals surface area contributed by atoms with Crippen molar-refractivity contribution in [3.05, 3.63) is 35.9 Å². The quantitative estimate of drug-likeness (QED) is 0.847. The van der Waals surface area contributed by atoms with Gasteiger partial charge in [-0.05, 0) is 32.3 Å². The molecule has 0 spiro atoms. The van der Waals surface area contributed by atoms with Gasteiger partial charge < -0.3 is 15.8 Å². The van der Waals surface area contributed by atoms with E-state index in [0.717, 1.165) is 12.8 Å². The van der Waals surface area contributed by atoms with Gasteiger partial charge in [-0.25, -0.2) is 0 Å². The van der Waals surface area contributed by atoms with Crippen LogP contribution >= 0.6 is 0 Å². The molecular formula is C15H21N5O. The summed E-state index contributed by atoms with van der Waals surface area (Å²) >= 11 is 0. The third-order valence-electron chi connectivity index (χ3n) is 3.15. The van der Waals surface area contributed by atoms with Crippen LogP contribution < -0.4 is 15.8 Å². The summed E-state index contributed by atoms with van der Waals surface area (Å²) in [7, 11) is 1.50. The van der Waals surface area contributed by atoms with Gasteiger partial charge in [-0.15, -0.1) is 0 Å². The predicted octanol–water partition coefficient (Wildman–Crippen LogP) is 2.29. The number of nitrogens with one attached hydrogen (secondary N) is 1. The van der Waals surface area contributed by atoms with E-state index in [1.54, 1.807) is 0 Å². The molecule has 1 aromatic carbocycles. The molecule has 0 amide bonds. The molecule has 1 aromatic heterocycles. The summed E-state index contributed by atoms with van der Waals surface area (Å²) in [6, 6.07) is 10.6. The van der Waals surface area contributed by atoms with Crippen LogP contribution in [-0.4, -0.2) is 27.6 Å². The number of hydrogen-bond donors (Lipinski definition) is 2. The third-order valence-corrected chi connectivity index (χ3v) is 3.15. The van der Waals surface area contributed by atoms with Crippen LogP contribution in [0.2, 0.25) is 0 Å². The van der Waals surface area contributed by atoms with Gasteiger partial charge in [-0.2, -0.15) is 15.0 Å². The number of hydrogen-bond acceptors (Lipinski definition) is 6. The van der Waals surface area contributed by atoms with Crippen molar-refractivity contribution >= 4 is 11.9 Å². The van der Waals surface area contributed by atoms with Gasteiger partial charge in [-0.3, -0.25) is 0 Å². The van der Waals surface area contributed by atoms with E-state index in [-0.39, 0.29) is 17.5 Å². The van der Waals surface area contributed by atoms with Gasteiger partial charge in [0.2, 0.25) is 11.9 Å². The van der Waals surface area contributed by atoms with Crippen LogP contribution in [0.3, 0.4) is 0 Å². The first kappa shape index (κ1) is 15.0. The second kappa shape index (κ2) is 6.39. The van der Waals surface area contributed by atoms with E-state index in [1.165, 1.54) is 12.7 Å². The summed E-state index contributed by atoms with van der Waals surface area (Å²) in [5.74, 6) is 0.570. The number of aromatic nitrogens is 3. The Hall–Kier alpha value is -2.37. The Morgan fingerprint density at radius 3 is 2.52 bits per heavy atom. The molecule has 2 aromatic rings. The second-order valence-electron chi connectivity index (χ2n) is 5.50. The second-order valence-corrected chi connectivity index (χ2v) is 5.50. The highest BCUT2D eigenvalue weighted by atomic mass is 16.5. The zero-order chi connectivity index (χ0) is 15.3. The van der Waals surface area contributed by atoms with Gasteiger partial charge in [0.15, 0.2) is 0 Å². The highest BCUT2D eigenvalue weighted by molar-refractivity contribution is 5.35. The molecule has 2 rings (SSSR count). The predicted molar refractivity (Wildman–Crippen MR) is 83.3 cm³/mol. The van der Waals surface area contributed by atoms with Crippen molar-refractivity contribution in [2.45, 2.75) is 32.2 Å². The molecule has 0 fully saturated rings. The van der Waals surface area contributed by atoms with Crippen molar-refractivity contribution in [2.75, 3.05) is 18.2 Å². The molecule has 0 atom stereocenters. The van der Waals surface area contributed by atoms with Gasteiger partial charge >= 0.3 is 6.01 Å². The largest absolute Gasteiger partial charge is 0.467 e. The SMILES string of the molecule is COc1nc(N)nc(NC(C)(C)CCc2ccccc2)n1. The standard InChI is InChI=1S/C15H21N5O/c1-15(2,10-9-11-7-5-4-6-8-11)20-13-17-12(16)18-14(19-13)21-3/h4-8H,9-10H2,1-3H3,(H3,16,17,18,19,20). The summed E-state index contributed by atoms with van der Waals surface area (Å²) in [5, 5.41) is 3.28. The van der Waals surface area contributed by atoms with Crippen molar-refractivity contribution in [1.82, 2.24) is 15.0 Å². The number of methoxy groups -OCH3 is 1. The average molecular weight is 287 g/mol. The lowest BCUT2D eigenvalue weighted by Crippen LogP contribution is -2.32. The number of benzene rings is 1. The fraction of sp³-hybridized carbons (Fsp3) is 0.400. The molecule has 3 N–H and O–H groups in total. The van der Waals surface area contributed by atoms with Crippen molar-refractivity contribution in [3.63, 3.8) is 0 Å². The maximum Gasteiger partial charge on any atom is 0.322 e. The Kier molecular flexibility index (Phi) is 4.57. The Morgan fingerprint density at radius 2 is 1.86 bits per heavy atom. The minimum Gasteiger partial charge on any atom is -0.467 e. The van der Waals surface area contributed by atoms with E-state index in [1.807, 2.05) is 18.2 Å². The molecule has 21 heavy (non-hydrogen) atoms. The highest BCUT2D eigenvalue weighted by Crippen LogP contribution is 2.19. The van der Waals surface area contributed by atoms with Crippen molar-refractivity contribution in [2.24, 2.45) is 0 Å². The monoisotopic (exact) mass is 287 g/mol. The Balaban J connectivity index is 2.01. The van der Waals surface area contributed by atoms with E-state index < -0.39 is 0 Å². The first-order valence-corrected chi connectivity index (χ1v) is 6.86. The molecule has 6 heteroatoms. The van der Waals surface area contributed by atoms with Crippen molar-refractivity contribution in [1.29, 1.82) is 0 Å². The zero-order valence-electron chi connectivity index (χ0n) is 12.6. The van der Waals surface area contributed by atoms with Crippen molar-refractivity contribution in [3.8, 4) is 6.01 Å². The molecule has 112 valence electrons. The van der Waals surface area contributed by atoms with Gasteiger partial charge in [0, 0.05) is 5.54 Å². The summed E-state index contributed by atoms with van der Waals surface area (Å²) in [6.07, 6.45) is 1.91. The minimum absolute atomic E-state index is 0.142. The molecule has 0 saturated carbocycles. The number of nitrogen functional groups attached to an aromatic ring is 1. The summed E-state index contributed by atoms with van der Waals surface area (Å²) in [6.45, 7) is 4.20. The number of nitrogens with two attached hydrogens (primary N) is 1. The lowest BCUT2D eigenvalue weighted by atomic mass is 9.95. The van der Waals surface area contributed by atoms with E-state index in [0.29, 0.717) is 5.95 Å². The van der Waals surface area contributed by atoms with E-state index in [4.69, 9.17) is 10.5 Å². The summed E-state index contributed by atoms with van der Waals surface area (Å²) in [4.78, 5) is 12.1. The van der Waals surface area contributed by atoms with Crippen LogP contribution in [-0.2, 0) is 6.42 Å². The minimum atomic E-state index is -0.172. The topological polar surface area (TPSA) is 86.0 Å². The fourth-order valence-corrected chi connectivity index (χ4v) is 1.99. The first-order chi connectivity index (χ1) is 9.98. The fourth-order valence-electron chi connectivity index (χ4n) is 1.99. The smallest absolute Gasteiger partial charge is 0.322 e. The van der Waals surface area contributed by atoms with Gasteiger partial charge in [-0.1, -0.05) is 30.3 Å². The van der Waals surface area contributed by atoms with Crippen LogP contribution in [0.1, 0.15) is 25.8 Å². The molecule has 1 heterocycles. The molecule has 0 aliphatic heterocycles. The number of anilines is 2. The van der Waals surface area contributed by atoms with E-state index in [2.05, 4.69) is 46.2 Å². The lowest BCUT2D eigenvalue weighted by Gasteiger charge is -2.26. The van der Waals surface area contributed by atoms with Crippen LogP contribution in [0.4, 0.5) is 11.9 Å². The number of rotatable bonds is 6. The summed E-state index contributed by atoms with van der Waals surface area (Å²) in [5.41, 5.74) is 6.77. The molecule has 0 aliphatic carbocycles. The van der Waals surface area contributed by atoms with Gasteiger partial charge in [0.25, 0.3) is 0 Å². The zero-order valence-corrected chi connectivity index (χ0v) is 12.6. The maximum absolute atomic E-state index is 5.64. The average Bonchev–Trinajstić information content (AvgIpc) is 2.45. The van der Waals surface area contributed by atoms with Crippen LogP contribution in [0.25, 0.3) is 0 Å². The number of nitrogens with zero attached hydrogens (tertiary/aromatic N) is 3. The van der Waals surface area contributed by atoms with Crippen LogP contribution in [0.15, 0.2) is 30.3 Å². The van der Waals surface area contributed by atoms with Gasteiger partial charge in [0.1, 0.15) is 0 Å². The van der Waals surface area contributed by atoms with Crippen LogP contribution in [0, 0.1) is 0 Å². The Labute approximate surface area is 124 Å². The van der Waals surface area contributed by atoms with Crippen molar-refractivity contribution < 1.29 is 4.74 Å². The summed E-state index contributed by atoms with van der Waals surface area (Å²) < 4.78 is 5.00. The van der Waals surface area contributed by atoms with Crippen LogP contribution in [0.5, 0.6) is 6.01 Å². The molecular weight excluding hydrogens is 266 g/mol. The molecule has 0 aliphatic rings. The molecule has 0 saturated heterocycles. The lowest BCUT2D eigenvalue weighted by molar-refractivity contribution is 0.379.